The minimum Gasteiger partial charge on any atom is -0.368 e. The first kappa shape index (κ1) is 20.8. The molecule has 3 rings (SSSR count). The lowest BCUT2D eigenvalue weighted by molar-refractivity contribution is -0.123. The van der Waals surface area contributed by atoms with Gasteiger partial charge in [-0.1, -0.05) is 43.1 Å². The number of hydrogen-bond acceptors (Lipinski definition) is 3. The van der Waals surface area contributed by atoms with Crippen molar-refractivity contribution in [1.29, 1.82) is 0 Å². The highest BCUT2D eigenvalue weighted by atomic mass is 35.5. The Morgan fingerprint density at radius 2 is 1.89 bits per heavy atom. The average Bonchev–Trinajstić information content (AvgIpc) is 2.59. The highest BCUT2D eigenvalue weighted by Gasteiger charge is 2.30. The number of nitrogens with one attached hydrogen (secondary N) is 1. The molecular formula is C21H31Cl2N3O. The van der Waals surface area contributed by atoms with E-state index in [1.165, 1.54) is 6.42 Å². The van der Waals surface area contributed by atoms with E-state index in [0.717, 1.165) is 57.2 Å². The molecule has 1 aromatic carbocycles. The summed E-state index contributed by atoms with van der Waals surface area (Å²) in [5.74, 6) is 1.40. The lowest BCUT2D eigenvalue weighted by Crippen LogP contribution is -2.48. The van der Waals surface area contributed by atoms with Crippen LogP contribution >= 0.6 is 23.2 Å². The lowest BCUT2D eigenvalue weighted by Gasteiger charge is -2.40. The van der Waals surface area contributed by atoms with Crippen LogP contribution < -0.4 is 10.2 Å². The van der Waals surface area contributed by atoms with E-state index in [0.29, 0.717) is 28.4 Å². The van der Waals surface area contributed by atoms with E-state index in [-0.39, 0.29) is 5.91 Å². The van der Waals surface area contributed by atoms with Gasteiger partial charge in [0.25, 0.3) is 0 Å². The fourth-order valence-corrected chi connectivity index (χ4v) is 4.48. The van der Waals surface area contributed by atoms with E-state index in [4.69, 9.17) is 23.2 Å². The number of anilines is 1. The van der Waals surface area contributed by atoms with Crippen molar-refractivity contribution in [3.05, 3.63) is 28.2 Å². The van der Waals surface area contributed by atoms with Gasteiger partial charge in [-0.15, -0.1) is 0 Å². The highest BCUT2D eigenvalue weighted by Crippen LogP contribution is 2.33. The third-order valence-electron chi connectivity index (χ3n) is 5.69. The Morgan fingerprint density at radius 3 is 2.56 bits per heavy atom. The standard InChI is InChI=1S/C21H31Cl2N3O/c1-15(2)12-20(27)24-17-13-16(14-17)6-7-25-8-10-26(11-9-25)19-5-3-4-18(22)21(19)23/h3-5,15-17H,6-14H2,1-2H3,(H,24,27)/t16-,17-. The van der Waals surface area contributed by atoms with Crippen LogP contribution in [-0.2, 0) is 4.79 Å². The third-order valence-corrected chi connectivity index (χ3v) is 6.50. The van der Waals surface area contributed by atoms with E-state index in [9.17, 15) is 4.79 Å². The first-order valence-corrected chi connectivity index (χ1v) is 10.9. The van der Waals surface area contributed by atoms with Crippen LogP contribution in [0.5, 0.6) is 0 Å². The maximum Gasteiger partial charge on any atom is 0.220 e. The number of rotatable bonds is 7. The van der Waals surface area contributed by atoms with Gasteiger partial charge in [-0.25, -0.2) is 0 Å². The van der Waals surface area contributed by atoms with Crippen LogP contribution in [0.1, 0.15) is 39.5 Å². The second kappa shape index (κ2) is 9.49. The molecular weight excluding hydrogens is 381 g/mol. The average molecular weight is 412 g/mol. The second-order valence-electron chi connectivity index (χ2n) is 8.39. The highest BCUT2D eigenvalue weighted by molar-refractivity contribution is 6.43. The third kappa shape index (κ3) is 5.75. The van der Waals surface area contributed by atoms with Crippen molar-refractivity contribution in [2.45, 2.75) is 45.6 Å². The molecule has 1 saturated heterocycles. The summed E-state index contributed by atoms with van der Waals surface area (Å²) in [6.45, 7) is 9.41. The van der Waals surface area contributed by atoms with Crippen molar-refractivity contribution >= 4 is 34.8 Å². The predicted molar refractivity (Wildman–Crippen MR) is 114 cm³/mol. The summed E-state index contributed by atoms with van der Waals surface area (Å²) >= 11 is 12.5. The Kier molecular flexibility index (Phi) is 7.29. The molecule has 4 nitrogen and oxygen atoms in total. The van der Waals surface area contributed by atoms with Crippen molar-refractivity contribution in [3.63, 3.8) is 0 Å². The molecule has 1 amide bonds. The molecule has 27 heavy (non-hydrogen) atoms. The molecule has 0 radical (unpaired) electrons. The molecule has 0 aromatic heterocycles. The fourth-order valence-electron chi connectivity index (χ4n) is 4.06. The number of nitrogens with zero attached hydrogens (tertiary/aromatic N) is 2. The molecule has 1 aromatic rings. The molecule has 6 heteroatoms. The summed E-state index contributed by atoms with van der Waals surface area (Å²) in [6.07, 6.45) is 4.15. The molecule has 1 aliphatic heterocycles. The van der Waals surface area contributed by atoms with E-state index in [1.54, 1.807) is 0 Å². The second-order valence-corrected chi connectivity index (χ2v) is 9.18. The van der Waals surface area contributed by atoms with Crippen LogP contribution in [-0.4, -0.2) is 49.6 Å². The number of benzene rings is 1. The number of piperazine rings is 1. The molecule has 1 N–H and O–H groups in total. The maximum absolute atomic E-state index is 11.8. The number of hydrogen-bond donors (Lipinski definition) is 1. The Bertz CT molecular complexity index is 638. The van der Waals surface area contributed by atoms with Gasteiger partial charge in [0.2, 0.25) is 5.91 Å². The van der Waals surface area contributed by atoms with Crippen LogP contribution in [0.3, 0.4) is 0 Å². The molecule has 2 fully saturated rings. The Morgan fingerprint density at radius 1 is 1.19 bits per heavy atom. The lowest BCUT2D eigenvalue weighted by atomic mass is 9.78. The van der Waals surface area contributed by atoms with Crippen molar-refractivity contribution in [2.24, 2.45) is 11.8 Å². The van der Waals surface area contributed by atoms with Crippen molar-refractivity contribution in [2.75, 3.05) is 37.6 Å². The van der Waals surface area contributed by atoms with E-state index >= 15 is 0 Å². The molecule has 1 heterocycles. The predicted octanol–water partition coefficient (Wildman–Crippen LogP) is 4.45. The smallest absolute Gasteiger partial charge is 0.220 e. The van der Waals surface area contributed by atoms with Crippen molar-refractivity contribution in [1.82, 2.24) is 10.2 Å². The van der Waals surface area contributed by atoms with Gasteiger partial charge >= 0.3 is 0 Å². The van der Waals surface area contributed by atoms with Gasteiger partial charge in [0.1, 0.15) is 0 Å². The molecule has 1 saturated carbocycles. The van der Waals surface area contributed by atoms with Crippen LogP contribution in [0.15, 0.2) is 18.2 Å². The number of amides is 1. The SMILES string of the molecule is CC(C)CC(=O)N[C@H]1C[C@H](CCN2CCN(c3cccc(Cl)c3Cl)CC2)C1. The van der Waals surface area contributed by atoms with Crippen LogP contribution in [0.25, 0.3) is 0 Å². The Hall–Kier alpha value is -0.970. The molecule has 0 bridgehead atoms. The van der Waals surface area contributed by atoms with Crippen molar-refractivity contribution in [3.8, 4) is 0 Å². The quantitative estimate of drug-likeness (QED) is 0.719. The molecule has 0 spiro atoms. The van der Waals surface area contributed by atoms with Gasteiger partial charge in [-0.3, -0.25) is 9.69 Å². The van der Waals surface area contributed by atoms with Gasteiger partial charge in [0.15, 0.2) is 0 Å². The summed E-state index contributed by atoms with van der Waals surface area (Å²) in [7, 11) is 0. The molecule has 2 aliphatic rings. The van der Waals surface area contributed by atoms with Crippen LogP contribution in [0, 0.1) is 11.8 Å². The minimum atomic E-state index is 0.212. The topological polar surface area (TPSA) is 35.6 Å². The summed E-state index contributed by atoms with van der Waals surface area (Å²) in [5, 5.41) is 4.45. The van der Waals surface area contributed by atoms with Gasteiger partial charge in [0.05, 0.1) is 15.7 Å². The molecule has 150 valence electrons. The van der Waals surface area contributed by atoms with Crippen LogP contribution in [0.2, 0.25) is 10.0 Å². The monoisotopic (exact) mass is 411 g/mol. The number of carbonyl (C=O) groups excluding carboxylic acids is 1. The van der Waals surface area contributed by atoms with E-state index in [2.05, 4.69) is 29.0 Å². The molecule has 1 aliphatic carbocycles. The minimum absolute atomic E-state index is 0.212. The number of carbonyl (C=O) groups is 1. The Balaban J connectivity index is 1.33. The Labute approximate surface area is 173 Å². The summed E-state index contributed by atoms with van der Waals surface area (Å²) < 4.78 is 0. The largest absolute Gasteiger partial charge is 0.368 e. The van der Waals surface area contributed by atoms with Crippen molar-refractivity contribution < 1.29 is 4.79 Å². The van der Waals surface area contributed by atoms with Crippen LogP contribution in [0.4, 0.5) is 5.69 Å². The molecule has 0 atom stereocenters. The summed E-state index contributed by atoms with van der Waals surface area (Å²) in [4.78, 5) is 16.7. The normalized spacial score (nSPS) is 23.4. The molecule has 0 unspecified atom stereocenters. The first-order chi connectivity index (χ1) is 12.9. The van der Waals surface area contributed by atoms with E-state index < -0.39 is 0 Å². The van der Waals surface area contributed by atoms with E-state index in [1.807, 2.05) is 18.2 Å². The maximum atomic E-state index is 11.8. The summed E-state index contributed by atoms with van der Waals surface area (Å²) in [6, 6.07) is 6.25. The summed E-state index contributed by atoms with van der Waals surface area (Å²) in [5.41, 5.74) is 1.04. The number of halogens is 2. The zero-order valence-electron chi connectivity index (χ0n) is 16.4. The van der Waals surface area contributed by atoms with Gasteiger partial charge in [-0.2, -0.15) is 0 Å². The zero-order valence-corrected chi connectivity index (χ0v) is 17.9. The van der Waals surface area contributed by atoms with Gasteiger partial charge < -0.3 is 10.2 Å². The fraction of sp³-hybridized carbons (Fsp3) is 0.667. The van der Waals surface area contributed by atoms with Gasteiger partial charge in [-0.05, 0) is 49.8 Å². The first-order valence-electron chi connectivity index (χ1n) is 10.1. The zero-order chi connectivity index (χ0) is 19.4. The van der Waals surface area contributed by atoms with Gasteiger partial charge in [0, 0.05) is 38.6 Å².